The maximum atomic E-state index is 11.5. The van der Waals surface area contributed by atoms with Gasteiger partial charge in [0.1, 0.15) is 5.84 Å². The number of nitrogens with zero attached hydrogens (tertiary/aromatic N) is 3. The molecule has 0 bridgehead atoms. The molecule has 0 radical (unpaired) electrons. The van der Waals surface area contributed by atoms with Gasteiger partial charge in [-0.15, -0.1) is 0 Å². The zero-order chi connectivity index (χ0) is 11.0. The lowest BCUT2D eigenvalue weighted by Gasteiger charge is -2.24. The number of nitro groups is 1. The molecule has 0 N–H and O–H groups in total. The molecule has 7 heteroatoms. The van der Waals surface area contributed by atoms with Gasteiger partial charge in [-0.1, -0.05) is 6.08 Å². The van der Waals surface area contributed by atoms with Crippen molar-refractivity contribution in [2.24, 2.45) is 4.99 Å². The summed E-state index contributed by atoms with van der Waals surface area (Å²) in [5, 5.41) is 10.5. The molecule has 2 aliphatic heterocycles. The number of hydrogen-bond acceptors (Lipinski definition) is 4. The molecule has 0 aromatic rings. The van der Waals surface area contributed by atoms with E-state index in [0.717, 1.165) is 4.90 Å². The molecule has 0 aliphatic carbocycles. The average molecular weight is 207 g/mol. The molecule has 0 aromatic carbocycles. The molecule has 76 valence electrons. The number of amidine groups is 1. The normalized spacial score (nSPS) is 23.9. The summed E-state index contributed by atoms with van der Waals surface area (Å²) in [6, 6.07) is -1.91. The Balaban J connectivity index is 2.46. The summed E-state index contributed by atoms with van der Waals surface area (Å²) in [6.07, 6.45) is 5.89. The minimum atomic E-state index is -1.91. The monoisotopic (exact) mass is 207 g/mol. The average Bonchev–Trinajstić information content (AvgIpc) is 2.17. The molecule has 1 atom stereocenters. The lowest BCUT2D eigenvalue weighted by atomic mass is 10.2. The van der Waals surface area contributed by atoms with Crippen molar-refractivity contribution in [1.29, 1.82) is 0 Å². The summed E-state index contributed by atoms with van der Waals surface area (Å²) in [7, 11) is 0. The van der Waals surface area contributed by atoms with E-state index in [1.807, 2.05) is 0 Å². The SMILES string of the molecule is O=C1N=C2C=CC=CN2C(=O)C1[N+](=O)[O-]. The molecule has 1 unspecified atom stereocenters. The van der Waals surface area contributed by atoms with Crippen LogP contribution in [-0.4, -0.2) is 33.5 Å². The van der Waals surface area contributed by atoms with Gasteiger partial charge < -0.3 is 0 Å². The molecule has 2 rings (SSSR count). The third-order valence-corrected chi connectivity index (χ3v) is 1.98. The predicted molar refractivity (Wildman–Crippen MR) is 48.4 cm³/mol. The quantitative estimate of drug-likeness (QED) is 0.328. The number of carbonyl (C=O) groups excluding carboxylic acids is 2. The summed E-state index contributed by atoms with van der Waals surface area (Å²) in [5.41, 5.74) is 0. The van der Waals surface area contributed by atoms with Crippen molar-refractivity contribution in [3.8, 4) is 0 Å². The summed E-state index contributed by atoms with van der Waals surface area (Å²) >= 11 is 0. The van der Waals surface area contributed by atoms with Gasteiger partial charge in [0.2, 0.25) is 0 Å². The van der Waals surface area contributed by atoms with Crippen LogP contribution in [0.15, 0.2) is 29.4 Å². The third kappa shape index (κ3) is 1.33. The van der Waals surface area contributed by atoms with E-state index in [1.165, 1.54) is 18.4 Å². The standard InChI is InChI=1S/C8H5N3O4/c12-7-6(11(14)15)8(13)10-4-2-1-3-5(10)9-7/h1-4,6H. The summed E-state index contributed by atoms with van der Waals surface area (Å²) < 4.78 is 0. The second-order valence-corrected chi connectivity index (χ2v) is 2.91. The van der Waals surface area contributed by atoms with Gasteiger partial charge >= 0.3 is 17.9 Å². The number of hydrogen-bond donors (Lipinski definition) is 0. The van der Waals surface area contributed by atoms with E-state index in [9.17, 15) is 19.7 Å². The van der Waals surface area contributed by atoms with E-state index in [4.69, 9.17) is 0 Å². The maximum absolute atomic E-state index is 11.5. The predicted octanol–water partition coefficient (Wildman–Crippen LogP) is -0.517. The maximum Gasteiger partial charge on any atom is 0.369 e. The molecule has 2 aliphatic rings. The Morgan fingerprint density at radius 3 is 2.80 bits per heavy atom. The summed E-state index contributed by atoms with van der Waals surface area (Å²) in [4.78, 5) is 36.7. The van der Waals surface area contributed by atoms with Gasteiger partial charge in [-0.3, -0.25) is 24.6 Å². The largest absolute Gasteiger partial charge is 0.369 e. The van der Waals surface area contributed by atoms with Gasteiger partial charge in [0.25, 0.3) is 0 Å². The van der Waals surface area contributed by atoms with E-state index in [2.05, 4.69) is 4.99 Å². The van der Waals surface area contributed by atoms with E-state index < -0.39 is 22.8 Å². The fourth-order valence-electron chi connectivity index (χ4n) is 1.30. The first-order valence-corrected chi connectivity index (χ1v) is 4.05. The Labute approximate surface area is 83.5 Å². The van der Waals surface area contributed by atoms with Crippen molar-refractivity contribution in [3.63, 3.8) is 0 Å². The third-order valence-electron chi connectivity index (χ3n) is 1.98. The summed E-state index contributed by atoms with van der Waals surface area (Å²) in [6.45, 7) is 0. The van der Waals surface area contributed by atoms with Gasteiger partial charge in [-0.2, -0.15) is 4.99 Å². The lowest BCUT2D eigenvalue weighted by molar-refractivity contribution is -0.494. The van der Waals surface area contributed by atoms with Crippen LogP contribution in [0.2, 0.25) is 0 Å². The van der Waals surface area contributed by atoms with E-state index in [0.29, 0.717) is 0 Å². The van der Waals surface area contributed by atoms with Crippen molar-refractivity contribution in [3.05, 3.63) is 34.5 Å². The van der Waals surface area contributed by atoms with Crippen LogP contribution in [0.1, 0.15) is 0 Å². The Bertz CT molecular complexity index is 449. The fraction of sp³-hybridized carbons (Fsp3) is 0.125. The van der Waals surface area contributed by atoms with Crippen molar-refractivity contribution in [2.75, 3.05) is 0 Å². The first kappa shape index (κ1) is 9.25. The van der Waals surface area contributed by atoms with Gasteiger partial charge in [-0.05, 0) is 12.2 Å². The molecule has 0 spiro atoms. The number of fused-ring (bicyclic) bond motifs is 1. The van der Waals surface area contributed by atoms with Crippen LogP contribution < -0.4 is 0 Å². The topological polar surface area (TPSA) is 92.9 Å². The molecule has 7 nitrogen and oxygen atoms in total. The van der Waals surface area contributed by atoms with Crippen LogP contribution in [-0.2, 0) is 9.59 Å². The molecule has 15 heavy (non-hydrogen) atoms. The fourth-order valence-corrected chi connectivity index (χ4v) is 1.30. The number of aliphatic imine (C=N–C) groups is 1. The Kier molecular flexibility index (Phi) is 1.93. The number of allylic oxidation sites excluding steroid dienone is 2. The zero-order valence-electron chi connectivity index (χ0n) is 7.36. The van der Waals surface area contributed by atoms with Crippen LogP contribution in [0, 0.1) is 10.1 Å². The highest BCUT2D eigenvalue weighted by atomic mass is 16.6. The van der Waals surface area contributed by atoms with Crippen molar-refractivity contribution in [1.82, 2.24) is 4.90 Å². The first-order chi connectivity index (χ1) is 7.11. The van der Waals surface area contributed by atoms with Crippen LogP contribution in [0.5, 0.6) is 0 Å². The van der Waals surface area contributed by atoms with Crippen molar-refractivity contribution < 1.29 is 14.5 Å². The molecule has 2 amide bonds. The minimum Gasteiger partial charge on any atom is -0.265 e. The smallest absolute Gasteiger partial charge is 0.265 e. The Hall–Kier alpha value is -2.31. The van der Waals surface area contributed by atoms with Gasteiger partial charge in [0.05, 0.1) is 0 Å². The van der Waals surface area contributed by atoms with E-state index in [1.54, 1.807) is 6.08 Å². The highest BCUT2D eigenvalue weighted by Crippen LogP contribution is 2.13. The Morgan fingerprint density at radius 2 is 2.13 bits per heavy atom. The molecule has 2 heterocycles. The van der Waals surface area contributed by atoms with Crippen molar-refractivity contribution in [2.45, 2.75) is 6.04 Å². The Morgan fingerprint density at radius 1 is 1.40 bits per heavy atom. The highest BCUT2D eigenvalue weighted by Gasteiger charge is 2.45. The van der Waals surface area contributed by atoms with E-state index in [-0.39, 0.29) is 5.84 Å². The van der Waals surface area contributed by atoms with Crippen LogP contribution in [0.4, 0.5) is 0 Å². The van der Waals surface area contributed by atoms with E-state index >= 15 is 0 Å². The van der Waals surface area contributed by atoms with Crippen LogP contribution in [0.3, 0.4) is 0 Å². The van der Waals surface area contributed by atoms with Gasteiger partial charge in [0.15, 0.2) is 0 Å². The second kappa shape index (κ2) is 3.12. The number of carbonyl (C=O) groups is 2. The zero-order valence-corrected chi connectivity index (χ0v) is 7.36. The molecular weight excluding hydrogens is 202 g/mol. The lowest BCUT2D eigenvalue weighted by Crippen LogP contribution is -2.51. The van der Waals surface area contributed by atoms with Crippen molar-refractivity contribution >= 4 is 17.6 Å². The van der Waals surface area contributed by atoms with Gasteiger partial charge in [-0.25, -0.2) is 0 Å². The summed E-state index contributed by atoms with van der Waals surface area (Å²) in [5.74, 6) is -1.79. The second-order valence-electron chi connectivity index (χ2n) is 2.91. The first-order valence-electron chi connectivity index (χ1n) is 4.05. The number of amides is 2. The highest BCUT2D eigenvalue weighted by molar-refractivity contribution is 6.21. The molecular formula is C8H5N3O4. The van der Waals surface area contributed by atoms with Gasteiger partial charge in [0, 0.05) is 11.1 Å². The van der Waals surface area contributed by atoms with Crippen LogP contribution in [0.25, 0.3) is 0 Å². The molecule has 0 saturated heterocycles. The van der Waals surface area contributed by atoms with Crippen LogP contribution >= 0.6 is 0 Å². The number of rotatable bonds is 1. The molecule has 0 aromatic heterocycles. The molecule has 0 fully saturated rings. The molecule has 0 saturated carbocycles. The minimum absolute atomic E-state index is 0.116.